The van der Waals surface area contributed by atoms with Gasteiger partial charge in [0.05, 0.1) is 12.0 Å². The van der Waals surface area contributed by atoms with Gasteiger partial charge in [-0.25, -0.2) is 4.79 Å². The van der Waals surface area contributed by atoms with Crippen molar-refractivity contribution in [2.24, 2.45) is 0 Å². The van der Waals surface area contributed by atoms with Gasteiger partial charge in [0, 0.05) is 6.08 Å². The van der Waals surface area contributed by atoms with Gasteiger partial charge >= 0.3 is 5.97 Å². The molecule has 1 aromatic carbocycles. The van der Waals surface area contributed by atoms with Gasteiger partial charge in [0.1, 0.15) is 5.75 Å². The van der Waals surface area contributed by atoms with Crippen LogP contribution >= 0.6 is 11.3 Å². The highest BCUT2D eigenvalue weighted by atomic mass is 32.1. The molecule has 0 spiro atoms. The van der Waals surface area contributed by atoms with E-state index >= 15 is 0 Å². The Morgan fingerprint density at radius 1 is 1.24 bits per heavy atom. The number of ether oxygens (including phenoxy) is 2. The number of methoxy groups -OCH3 is 1. The molecule has 2 aromatic rings. The van der Waals surface area contributed by atoms with Crippen molar-refractivity contribution in [2.45, 2.75) is 0 Å². The van der Waals surface area contributed by atoms with Crippen molar-refractivity contribution in [3.63, 3.8) is 0 Å². The molecular weight excluding hydrogens is 288 g/mol. The minimum Gasteiger partial charge on any atom is -0.497 e. The Balaban J connectivity index is 1.86. The average molecular weight is 302 g/mol. The third-order valence-electron chi connectivity index (χ3n) is 2.65. The molecule has 0 atom stereocenters. The highest BCUT2D eigenvalue weighted by molar-refractivity contribution is 7.12. The third kappa shape index (κ3) is 4.57. The highest BCUT2D eigenvalue weighted by Gasteiger charge is 2.08. The van der Waals surface area contributed by atoms with Crippen molar-refractivity contribution in [3.05, 3.63) is 58.3 Å². The standard InChI is InChI=1S/C16H14O4S/c1-19-13-5-2-4-12(10-13)7-8-16(18)20-11-14(17)15-6-3-9-21-15/h2-10H,11H2,1H3/b8-7+. The fraction of sp³-hybridized carbons (Fsp3) is 0.125. The van der Waals surface area contributed by atoms with Crippen LogP contribution in [0.1, 0.15) is 15.2 Å². The van der Waals surface area contributed by atoms with E-state index in [4.69, 9.17) is 9.47 Å². The second-order valence-corrected chi connectivity index (χ2v) is 5.07. The summed E-state index contributed by atoms with van der Waals surface area (Å²) in [7, 11) is 1.58. The average Bonchev–Trinajstić information content (AvgIpc) is 3.05. The molecule has 0 unspecified atom stereocenters. The van der Waals surface area contributed by atoms with Gasteiger partial charge in [-0.15, -0.1) is 11.3 Å². The molecule has 2 rings (SSSR count). The second kappa shape index (κ2) is 7.40. The Kier molecular flexibility index (Phi) is 5.29. The van der Waals surface area contributed by atoms with Crippen LogP contribution in [-0.4, -0.2) is 25.5 Å². The Hall–Kier alpha value is -2.40. The van der Waals surface area contributed by atoms with Crippen LogP contribution in [0.4, 0.5) is 0 Å². The van der Waals surface area contributed by atoms with Gasteiger partial charge in [-0.2, -0.15) is 0 Å². The number of carbonyl (C=O) groups excluding carboxylic acids is 2. The van der Waals surface area contributed by atoms with Gasteiger partial charge in [-0.3, -0.25) is 4.79 Å². The number of benzene rings is 1. The summed E-state index contributed by atoms with van der Waals surface area (Å²) in [6.07, 6.45) is 2.90. The summed E-state index contributed by atoms with van der Waals surface area (Å²) >= 11 is 1.32. The zero-order valence-electron chi connectivity index (χ0n) is 11.4. The summed E-state index contributed by atoms with van der Waals surface area (Å²) in [5.41, 5.74) is 0.816. The normalized spacial score (nSPS) is 10.5. The van der Waals surface area contributed by atoms with Gasteiger partial charge < -0.3 is 9.47 Å². The Morgan fingerprint density at radius 3 is 2.81 bits per heavy atom. The van der Waals surface area contributed by atoms with Crippen LogP contribution in [0.5, 0.6) is 5.75 Å². The summed E-state index contributed by atoms with van der Waals surface area (Å²) in [5, 5.41) is 1.80. The van der Waals surface area contributed by atoms with E-state index in [0.717, 1.165) is 5.56 Å². The SMILES string of the molecule is COc1cccc(/C=C/C(=O)OCC(=O)c2cccs2)c1. The number of hydrogen-bond acceptors (Lipinski definition) is 5. The molecule has 1 heterocycles. The molecule has 0 aliphatic heterocycles. The van der Waals surface area contributed by atoms with Gasteiger partial charge in [0.15, 0.2) is 6.61 Å². The van der Waals surface area contributed by atoms with Crippen molar-refractivity contribution in [3.8, 4) is 5.75 Å². The number of rotatable bonds is 6. The highest BCUT2D eigenvalue weighted by Crippen LogP contribution is 2.13. The quantitative estimate of drug-likeness (QED) is 0.467. The number of hydrogen-bond donors (Lipinski definition) is 0. The molecule has 0 amide bonds. The number of Topliss-reactive ketones (excluding diaryl/α,β-unsaturated/α-hetero) is 1. The van der Waals surface area contributed by atoms with Crippen molar-refractivity contribution in [1.29, 1.82) is 0 Å². The Morgan fingerprint density at radius 2 is 2.10 bits per heavy atom. The van der Waals surface area contributed by atoms with E-state index in [9.17, 15) is 9.59 Å². The van der Waals surface area contributed by atoms with Gasteiger partial charge in [-0.05, 0) is 35.2 Å². The molecule has 4 nitrogen and oxygen atoms in total. The van der Waals surface area contributed by atoms with Crippen molar-refractivity contribution in [2.75, 3.05) is 13.7 Å². The molecule has 0 fully saturated rings. The van der Waals surface area contributed by atoms with Crippen LogP contribution in [0.2, 0.25) is 0 Å². The molecule has 21 heavy (non-hydrogen) atoms. The molecule has 0 saturated carbocycles. The topological polar surface area (TPSA) is 52.6 Å². The second-order valence-electron chi connectivity index (χ2n) is 4.12. The zero-order valence-corrected chi connectivity index (χ0v) is 12.3. The maximum atomic E-state index is 11.7. The summed E-state index contributed by atoms with van der Waals surface area (Å²) < 4.78 is 9.99. The number of ketones is 1. The van der Waals surface area contributed by atoms with Crippen LogP contribution in [-0.2, 0) is 9.53 Å². The number of esters is 1. The van der Waals surface area contributed by atoms with Crippen LogP contribution in [0.3, 0.4) is 0 Å². The van der Waals surface area contributed by atoms with Crippen LogP contribution < -0.4 is 4.74 Å². The number of carbonyl (C=O) groups is 2. The fourth-order valence-corrected chi connectivity index (χ4v) is 2.25. The van der Waals surface area contributed by atoms with E-state index < -0.39 is 5.97 Å². The third-order valence-corrected chi connectivity index (χ3v) is 3.56. The molecule has 0 N–H and O–H groups in total. The van der Waals surface area contributed by atoms with E-state index in [0.29, 0.717) is 10.6 Å². The van der Waals surface area contributed by atoms with Gasteiger partial charge in [-0.1, -0.05) is 18.2 Å². The van der Waals surface area contributed by atoms with Crippen LogP contribution in [0, 0.1) is 0 Å². The first kappa shape index (κ1) is 15.0. The lowest BCUT2D eigenvalue weighted by Gasteiger charge is -2.01. The first-order chi connectivity index (χ1) is 10.2. The summed E-state index contributed by atoms with van der Waals surface area (Å²) in [6.45, 7) is -0.248. The van der Waals surface area contributed by atoms with Crippen LogP contribution in [0.25, 0.3) is 6.08 Å². The predicted molar refractivity (Wildman–Crippen MR) is 81.6 cm³/mol. The zero-order chi connectivity index (χ0) is 15.1. The van der Waals surface area contributed by atoms with Gasteiger partial charge in [0.2, 0.25) is 5.78 Å². The molecule has 108 valence electrons. The van der Waals surface area contributed by atoms with Crippen molar-refractivity contribution >= 4 is 29.2 Å². The molecule has 0 radical (unpaired) electrons. The molecule has 1 aromatic heterocycles. The number of thiophene rings is 1. The summed E-state index contributed by atoms with van der Waals surface area (Å²) in [6, 6.07) is 10.7. The van der Waals surface area contributed by atoms with E-state index in [1.54, 1.807) is 36.8 Å². The Bertz CT molecular complexity index is 644. The molecular formula is C16H14O4S. The summed E-state index contributed by atoms with van der Waals surface area (Å²) in [5.74, 6) is -0.0470. The molecule has 0 saturated heterocycles. The van der Waals surface area contributed by atoms with Crippen molar-refractivity contribution in [1.82, 2.24) is 0 Å². The minimum atomic E-state index is -0.553. The molecule has 0 aliphatic carbocycles. The maximum Gasteiger partial charge on any atom is 0.331 e. The lowest BCUT2D eigenvalue weighted by molar-refractivity contribution is -0.136. The first-order valence-electron chi connectivity index (χ1n) is 6.24. The minimum absolute atomic E-state index is 0.201. The molecule has 0 aliphatic rings. The smallest absolute Gasteiger partial charge is 0.331 e. The van der Waals surface area contributed by atoms with E-state index in [-0.39, 0.29) is 12.4 Å². The Labute approximate surface area is 126 Å². The van der Waals surface area contributed by atoms with Crippen molar-refractivity contribution < 1.29 is 19.1 Å². The van der Waals surface area contributed by atoms with E-state index in [2.05, 4.69) is 0 Å². The predicted octanol–water partition coefficient (Wildman–Crippen LogP) is 3.20. The van der Waals surface area contributed by atoms with E-state index in [1.165, 1.54) is 17.4 Å². The first-order valence-corrected chi connectivity index (χ1v) is 7.12. The lowest BCUT2D eigenvalue weighted by Crippen LogP contribution is -2.11. The fourth-order valence-electron chi connectivity index (χ4n) is 1.60. The summed E-state index contributed by atoms with van der Waals surface area (Å²) in [4.78, 5) is 23.8. The van der Waals surface area contributed by atoms with Crippen LogP contribution in [0.15, 0.2) is 47.9 Å². The van der Waals surface area contributed by atoms with Gasteiger partial charge in [0.25, 0.3) is 0 Å². The van der Waals surface area contributed by atoms with E-state index in [1.807, 2.05) is 18.2 Å². The lowest BCUT2D eigenvalue weighted by atomic mass is 10.2. The largest absolute Gasteiger partial charge is 0.497 e. The molecule has 5 heteroatoms. The molecule has 0 bridgehead atoms. The maximum absolute atomic E-state index is 11.7. The monoisotopic (exact) mass is 302 g/mol.